The monoisotopic (exact) mass is 396 g/mol. The van der Waals surface area contributed by atoms with E-state index in [-0.39, 0.29) is 6.61 Å². The van der Waals surface area contributed by atoms with Crippen LogP contribution in [-0.4, -0.2) is 60.9 Å². The molecule has 0 saturated heterocycles. The summed E-state index contributed by atoms with van der Waals surface area (Å²) >= 11 is 0. The van der Waals surface area contributed by atoms with Crippen LogP contribution in [-0.2, 0) is 27.6 Å². The molecular formula is C14H25N2O9P. The van der Waals surface area contributed by atoms with E-state index in [1.807, 2.05) is 0 Å². The Balaban J connectivity index is 3.01. The van der Waals surface area contributed by atoms with Crippen LogP contribution >= 0.6 is 7.82 Å². The number of aromatic nitrogens is 2. The average molecular weight is 396 g/mol. The van der Waals surface area contributed by atoms with Crippen LogP contribution < -0.4 is 11.2 Å². The van der Waals surface area contributed by atoms with Crippen LogP contribution in [0.4, 0.5) is 0 Å². The number of ether oxygens (including phenoxy) is 2. The molecule has 2 unspecified atom stereocenters. The molecule has 0 bridgehead atoms. The highest BCUT2D eigenvalue weighted by Crippen LogP contribution is 2.49. The second kappa shape index (κ2) is 10.7. The van der Waals surface area contributed by atoms with Crippen molar-refractivity contribution >= 4 is 7.82 Å². The van der Waals surface area contributed by atoms with Gasteiger partial charge in [0, 0.05) is 33.1 Å². The van der Waals surface area contributed by atoms with Crippen LogP contribution in [0.15, 0.2) is 21.9 Å². The van der Waals surface area contributed by atoms with Gasteiger partial charge >= 0.3 is 13.5 Å². The standard InChI is InChI=1S/C14H25N2O9P/c1-5-23-9-11(10(2)25-26(20,21-3)22-4)24-13(8-17)16-7-6-12(18)15-14(16)19/h6-7,10-11,13,17H,5,8-9H2,1-4H3,(H,15,18,19)/t10-,11?,13?/m1/s1. The lowest BCUT2D eigenvalue weighted by atomic mass is 10.2. The molecule has 0 aromatic carbocycles. The predicted octanol–water partition coefficient (Wildman–Crippen LogP) is 0.255. The molecule has 0 aliphatic carbocycles. The summed E-state index contributed by atoms with van der Waals surface area (Å²) in [5, 5.41) is 9.59. The van der Waals surface area contributed by atoms with Crippen molar-refractivity contribution < 1.29 is 32.7 Å². The van der Waals surface area contributed by atoms with Crippen LogP contribution in [0.3, 0.4) is 0 Å². The number of aromatic amines is 1. The van der Waals surface area contributed by atoms with Crippen molar-refractivity contribution in [2.75, 3.05) is 34.0 Å². The van der Waals surface area contributed by atoms with Gasteiger partial charge in [0.1, 0.15) is 6.10 Å². The van der Waals surface area contributed by atoms with E-state index in [0.29, 0.717) is 6.61 Å². The highest BCUT2D eigenvalue weighted by molar-refractivity contribution is 7.48. The van der Waals surface area contributed by atoms with E-state index in [0.717, 1.165) is 10.6 Å². The number of aliphatic hydroxyl groups excluding tert-OH is 1. The van der Waals surface area contributed by atoms with Gasteiger partial charge < -0.3 is 14.6 Å². The highest BCUT2D eigenvalue weighted by Gasteiger charge is 2.32. The second-order valence-corrected chi connectivity index (χ2v) is 6.95. The topological polar surface area (TPSA) is 138 Å². The van der Waals surface area contributed by atoms with E-state index in [1.54, 1.807) is 13.8 Å². The summed E-state index contributed by atoms with van der Waals surface area (Å²) in [5.41, 5.74) is -1.33. The van der Waals surface area contributed by atoms with Crippen molar-refractivity contribution in [1.82, 2.24) is 9.55 Å². The minimum Gasteiger partial charge on any atom is -0.392 e. The zero-order valence-electron chi connectivity index (χ0n) is 15.1. The van der Waals surface area contributed by atoms with Crippen LogP contribution in [0.1, 0.15) is 20.1 Å². The molecular weight excluding hydrogens is 371 g/mol. The van der Waals surface area contributed by atoms with Crippen molar-refractivity contribution in [2.24, 2.45) is 0 Å². The molecule has 1 rings (SSSR count). The summed E-state index contributed by atoms with van der Waals surface area (Å²) < 4.78 is 39.0. The Morgan fingerprint density at radius 2 is 1.96 bits per heavy atom. The third-order valence-electron chi connectivity index (χ3n) is 3.40. The SMILES string of the molecule is CCOCC(OC(CO)n1ccc(=O)[nH]c1=O)[C@@H](C)OP(=O)(OC)OC. The van der Waals surface area contributed by atoms with Crippen molar-refractivity contribution in [3.05, 3.63) is 33.1 Å². The van der Waals surface area contributed by atoms with Gasteiger partial charge in [-0.2, -0.15) is 0 Å². The first-order valence-electron chi connectivity index (χ1n) is 7.85. The molecule has 0 spiro atoms. The lowest BCUT2D eigenvalue weighted by molar-refractivity contribution is -0.140. The Morgan fingerprint density at radius 1 is 1.31 bits per heavy atom. The minimum absolute atomic E-state index is 0.0275. The quantitative estimate of drug-likeness (QED) is 0.476. The smallest absolute Gasteiger partial charge is 0.392 e. The molecule has 0 fully saturated rings. The zero-order chi connectivity index (χ0) is 19.7. The van der Waals surface area contributed by atoms with E-state index >= 15 is 0 Å². The second-order valence-electron chi connectivity index (χ2n) is 5.11. The Labute approximate surface area is 150 Å². The van der Waals surface area contributed by atoms with Gasteiger partial charge in [-0.3, -0.25) is 27.9 Å². The Hall–Kier alpha value is -1.33. The van der Waals surface area contributed by atoms with Gasteiger partial charge in [0.05, 0.1) is 19.3 Å². The molecule has 0 amide bonds. The maximum atomic E-state index is 12.1. The van der Waals surface area contributed by atoms with Gasteiger partial charge in [-0.1, -0.05) is 0 Å². The fourth-order valence-corrected chi connectivity index (χ4v) is 2.87. The van der Waals surface area contributed by atoms with Crippen molar-refractivity contribution in [3.8, 4) is 0 Å². The molecule has 11 nitrogen and oxygen atoms in total. The van der Waals surface area contributed by atoms with Crippen LogP contribution in [0.2, 0.25) is 0 Å². The molecule has 3 atom stereocenters. The number of nitrogens with one attached hydrogen (secondary N) is 1. The third kappa shape index (κ3) is 6.44. The van der Waals surface area contributed by atoms with E-state index in [2.05, 4.69) is 4.98 Å². The lowest BCUT2D eigenvalue weighted by Crippen LogP contribution is -2.40. The molecule has 1 aromatic heterocycles. The van der Waals surface area contributed by atoms with Crippen molar-refractivity contribution in [1.29, 1.82) is 0 Å². The lowest BCUT2D eigenvalue weighted by Gasteiger charge is -2.29. The first-order chi connectivity index (χ1) is 12.3. The molecule has 0 aliphatic rings. The maximum Gasteiger partial charge on any atom is 0.474 e. The fraction of sp³-hybridized carbons (Fsp3) is 0.714. The van der Waals surface area contributed by atoms with Crippen molar-refractivity contribution in [3.63, 3.8) is 0 Å². The summed E-state index contributed by atoms with van der Waals surface area (Å²) in [6, 6.07) is 1.12. The first kappa shape index (κ1) is 22.7. The van der Waals surface area contributed by atoms with E-state index < -0.39 is 44.1 Å². The molecule has 26 heavy (non-hydrogen) atoms. The zero-order valence-corrected chi connectivity index (χ0v) is 16.0. The first-order valence-corrected chi connectivity index (χ1v) is 9.31. The number of hydrogen-bond acceptors (Lipinski definition) is 9. The van der Waals surface area contributed by atoms with Gasteiger partial charge in [-0.25, -0.2) is 9.36 Å². The predicted molar refractivity (Wildman–Crippen MR) is 91.0 cm³/mol. The Bertz CT molecular complexity index is 696. The third-order valence-corrected chi connectivity index (χ3v) is 4.89. The summed E-state index contributed by atoms with van der Waals surface area (Å²) in [4.78, 5) is 25.1. The maximum absolute atomic E-state index is 12.1. The number of rotatable bonds is 12. The number of nitrogens with zero attached hydrogens (tertiary/aromatic N) is 1. The summed E-state index contributed by atoms with van der Waals surface area (Å²) in [6.45, 7) is 3.17. The highest BCUT2D eigenvalue weighted by atomic mass is 31.2. The van der Waals surface area contributed by atoms with Gasteiger partial charge in [-0.15, -0.1) is 0 Å². The average Bonchev–Trinajstić information content (AvgIpc) is 2.62. The van der Waals surface area contributed by atoms with Crippen molar-refractivity contribution in [2.45, 2.75) is 32.3 Å². The molecule has 0 aliphatic heterocycles. The van der Waals surface area contributed by atoms with Gasteiger partial charge in [0.2, 0.25) is 0 Å². The van der Waals surface area contributed by atoms with Crippen LogP contribution in [0, 0.1) is 0 Å². The molecule has 1 heterocycles. The number of hydrogen-bond donors (Lipinski definition) is 2. The van der Waals surface area contributed by atoms with E-state index in [9.17, 15) is 19.3 Å². The van der Waals surface area contributed by atoms with Gasteiger partial charge in [-0.05, 0) is 13.8 Å². The van der Waals surface area contributed by atoms with Crippen LogP contribution in [0.25, 0.3) is 0 Å². The Morgan fingerprint density at radius 3 is 2.46 bits per heavy atom. The number of aliphatic hydroxyl groups is 1. The largest absolute Gasteiger partial charge is 0.474 e. The summed E-state index contributed by atoms with van der Waals surface area (Å²) in [6.07, 6.45) is -1.59. The minimum atomic E-state index is -3.78. The van der Waals surface area contributed by atoms with E-state index in [4.69, 9.17) is 23.0 Å². The molecule has 2 N–H and O–H groups in total. The van der Waals surface area contributed by atoms with Gasteiger partial charge in [0.25, 0.3) is 5.56 Å². The Kier molecular flexibility index (Phi) is 9.37. The number of phosphoric ester groups is 1. The normalized spacial score (nSPS) is 15.6. The fourth-order valence-electron chi connectivity index (χ4n) is 2.00. The molecule has 12 heteroatoms. The summed E-state index contributed by atoms with van der Waals surface area (Å²) in [7, 11) is -1.43. The molecule has 0 saturated carbocycles. The number of H-pyrrole nitrogens is 1. The molecule has 1 aromatic rings. The summed E-state index contributed by atoms with van der Waals surface area (Å²) in [5.74, 6) is 0. The van der Waals surface area contributed by atoms with E-state index in [1.165, 1.54) is 20.4 Å². The number of phosphoric acid groups is 1. The molecule has 150 valence electrons. The molecule has 0 radical (unpaired) electrons. The van der Waals surface area contributed by atoms with Crippen LogP contribution in [0.5, 0.6) is 0 Å². The van der Waals surface area contributed by atoms with Gasteiger partial charge in [0.15, 0.2) is 6.23 Å².